The maximum atomic E-state index is 5.84. The highest BCUT2D eigenvalue weighted by atomic mass is 32.1. The standard InChI is InChI=1S/C16H20N2OS/c1-3-17-14(9-15-18-11(2)10-20-15)13-6-4-5-12-7-8-19-16(12)13/h4-6,10,14,17H,3,7-9H2,1-2H3. The molecule has 1 aromatic heterocycles. The van der Waals surface area contributed by atoms with Gasteiger partial charge in [0, 0.05) is 35.5 Å². The van der Waals surface area contributed by atoms with Gasteiger partial charge in [-0.05, 0) is 19.0 Å². The van der Waals surface area contributed by atoms with E-state index in [0.29, 0.717) is 0 Å². The van der Waals surface area contributed by atoms with Gasteiger partial charge in [0.1, 0.15) is 5.75 Å². The summed E-state index contributed by atoms with van der Waals surface area (Å²) in [5.41, 5.74) is 3.71. The van der Waals surface area contributed by atoms with Crippen molar-refractivity contribution in [3.05, 3.63) is 45.4 Å². The normalized spacial score (nSPS) is 14.9. The summed E-state index contributed by atoms with van der Waals surface area (Å²) in [6.45, 7) is 5.94. The minimum absolute atomic E-state index is 0.276. The smallest absolute Gasteiger partial charge is 0.127 e. The number of benzene rings is 1. The minimum Gasteiger partial charge on any atom is -0.493 e. The number of ether oxygens (including phenoxy) is 1. The lowest BCUT2D eigenvalue weighted by atomic mass is 9.99. The highest BCUT2D eigenvalue weighted by molar-refractivity contribution is 7.09. The maximum Gasteiger partial charge on any atom is 0.127 e. The van der Waals surface area contributed by atoms with Gasteiger partial charge >= 0.3 is 0 Å². The van der Waals surface area contributed by atoms with E-state index in [4.69, 9.17) is 4.74 Å². The molecule has 0 saturated heterocycles. The Morgan fingerprint density at radius 3 is 3.10 bits per heavy atom. The molecule has 106 valence electrons. The number of thiazole rings is 1. The summed E-state index contributed by atoms with van der Waals surface area (Å²) in [4.78, 5) is 4.59. The number of rotatable bonds is 5. The summed E-state index contributed by atoms with van der Waals surface area (Å²) < 4.78 is 5.84. The average Bonchev–Trinajstić information content (AvgIpc) is 3.06. The topological polar surface area (TPSA) is 34.2 Å². The Hall–Kier alpha value is -1.39. The summed E-state index contributed by atoms with van der Waals surface area (Å²) >= 11 is 1.74. The van der Waals surface area contributed by atoms with Crippen molar-refractivity contribution in [3.8, 4) is 5.75 Å². The zero-order valence-electron chi connectivity index (χ0n) is 12.0. The Bertz CT molecular complexity index is 594. The number of hydrogen-bond acceptors (Lipinski definition) is 4. The zero-order chi connectivity index (χ0) is 13.9. The number of nitrogens with one attached hydrogen (secondary N) is 1. The molecule has 2 aromatic rings. The van der Waals surface area contributed by atoms with Gasteiger partial charge in [-0.2, -0.15) is 0 Å². The van der Waals surface area contributed by atoms with E-state index < -0.39 is 0 Å². The fraction of sp³-hybridized carbons (Fsp3) is 0.438. The summed E-state index contributed by atoms with van der Waals surface area (Å²) in [5.74, 6) is 1.09. The SMILES string of the molecule is CCNC(Cc1nc(C)cs1)c1cccc2c1OCC2. The van der Waals surface area contributed by atoms with Crippen LogP contribution in [0, 0.1) is 6.92 Å². The number of likely N-dealkylation sites (N-methyl/N-ethyl adjacent to an activating group) is 1. The van der Waals surface area contributed by atoms with Crippen molar-refractivity contribution in [2.45, 2.75) is 32.7 Å². The van der Waals surface area contributed by atoms with E-state index in [9.17, 15) is 0 Å². The van der Waals surface area contributed by atoms with E-state index in [-0.39, 0.29) is 6.04 Å². The number of nitrogens with zero attached hydrogens (tertiary/aromatic N) is 1. The molecule has 1 aromatic carbocycles. The predicted octanol–water partition coefficient (Wildman–Crippen LogP) is 3.28. The van der Waals surface area contributed by atoms with Gasteiger partial charge in [-0.25, -0.2) is 4.98 Å². The fourth-order valence-corrected chi connectivity index (χ4v) is 3.54. The predicted molar refractivity (Wildman–Crippen MR) is 82.6 cm³/mol. The van der Waals surface area contributed by atoms with Crippen molar-refractivity contribution >= 4 is 11.3 Å². The third kappa shape index (κ3) is 2.72. The van der Waals surface area contributed by atoms with Crippen molar-refractivity contribution in [1.82, 2.24) is 10.3 Å². The van der Waals surface area contributed by atoms with Gasteiger partial charge in [-0.15, -0.1) is 11.3 Å². The minimum atomic E-state index is 0.276. The molecular weight excluding hydrogens is 268 g/mol. The van der Waals surface area contributed by atoms with Gasteiger partial charge < -0.3 is 10.1 Å². The van der Waals surface area contributed by atoms with Gasteiger partial charge in [-0.1, -0.05) is 25.1 Å². The first-order valence-electron chi connectivity index (χ1n) is 7.17. The van der Waals surface area contributed by atoms with Crippen LogP contribution in [0.4, 0.5) is 0 Å². The number of fused-ring (bicyclic) bond motifs is 1. The molecule has 2 heterocycles. The molecule has 0 amide bonds. The van der Waals surface area contributed by atoms with Crippen LogP contribution >= 0.6 is 11.3 Å². The van der Waals surface area contributed by atoms with Crippen LogP contribution in [-0.2, 0) is 12.8 Å². The van der Waals surface area contributed by atoms with Crippen molar-refractivity contribution in [3.63, 3.8) is 0 Å². The molecule has 20 heavy (non-hydrogen) atoms. The Kier molecular flexibility index (Phi) is 4.03. The third-order valence-electron chi connectivity index (χ3n) is 3.62. The Labute approximate surface area is 124 Å². The lowest BCUT2D eigenvalue weighted by Crippen LogP contribution is -2.23. The molecule has 1 atom stereocenters. The first kappa shape index (κ1) is 13.6. The largest absolute Gasteiger partial charge is 0.493 e. The molecule has 0 saturated carbocycles. The van der Waals surface area contributed by atoms with Crippen LogP contribution in [0.1, 0.15) is 34.8 Å². The van der Waals surface area contributed by atoms with Crippen LogP contribution in [0.3, 0.4) is 0 Å². The summed E-state index contributed by atoms with van der Waals surface area (Å²) in [6, 6.07) is 6.76. The molecule has 0 radical (unpaired) electrons. The molecule has 1 aliphatic rings. The second-order valence-corrected chi connectivity index (χ2v) is 6.07. The summed E-state index contributed by atoms with van der Waals surface area (Å²) in [6.07, 6.45) is 1.95. The third-order valence-corrected chi connectivity index (χ3v) is 4.61. The summed E-state index contributed by atoms with van der Waals surface area (Å²) in [7, 11) is 0. The van der Waals surface area contributed by atoms with Gasteiger partial charge in [0.25, 0.3) is 0 Å². The van der Waals surface area contributed by atoms with Crippen LogP contribution in [0.25, 0.3) is 0 Å². The Balaban J connectivity index is 1.89. The van der Waals surface area contributed by atoms with E-state index in [2.05, 4.69) is 40.8 Å². The van der Waals surface area contributed by atoms with Gasteiger partial charge in [0.15, 0.2) is 0 Å². The number of para-hydroxylation sites is 1. The lowest BCUT2D eigenvalue weighted by molar-refractivity contribution is 0.348. The van der Waals surface area contributed by atoms with Crippen molar-refractivity contribution in [2.75, 3.05) is 13.2 Å². The Morgan fingerprint density at radius 2 is 2.35 bits per heavy atom. The summed E-state index contributed by atoms with van der Waals surface area (Å²) in [5, 5.41) is 6.87. The van der Waals surface area contributed by atoms with Crippen molar-refractivity contribution in [1.29, 1.82) is 0 Å². The first-order valence-corrected chi connectivity index (χ1v) is 8.05. The lowest BCUT2D eigenvalue weighted by Gasteiger charge is -2.19. The van der Waals surface area contributed by atoms with Crippen molar-refractivity contribution in [2.24, 2.45) is 0 Å². The molecule has 0 aliphatic carbocycles. The molecule has 1 N–H and O–H groups in total. The van der Waals surface area contributed by atoms with Crippen LogP contribution in [0.15, 0.2) is 23.6 Å². The average molecular weight is 288 g/mol. The monoisotopic (exact) mass is 288 g/mol. The van der Waals surface area contributed by atoms with Crippen LogP contribution < -0.4 is 10.1 Å². The molecule has 4 heteroatoms. The fourth-order valence-electron chi connectivity index (χ4n) is 2.72. The molecule has 1 aliphatic heterocycles. The molecule has 0 fully saturated rings. The number of hydrogen-bond donors (Lipinski definition) is 1. The molecule has 3 nitrogen and oxygen atoms in total. The molecule has 0 bridgehead atoms. The van der Waals surface area contributed by atoms with Crippen molar-refractivity contribution < 1.29 is 4.74 Å². The zero-order valence-corrected chi connectivity index (χ0v) is 12.8. The van der Waals surface area contributed by atoms with Gasteiger partial charge in [0.2, 0.25) is 0 Å². The van der Waals surface area contributed by atoms with E-state index in [1.165, 1.54) is 16.1 Å². The van der Waals surface area contributed by atoms with Gasteiger partial charge in [-0.3, -0.25) is 0 Å². The quantitative estimate of drug-likeness (QED) is 0.917. The van der Waals surface area contributed by atoms with E-state index in [1.54, 1.807) is 11.3 Å². The van der Waals surface area contributed by atoms with Crippen LogP contribution in [0.5, 0.6) is 5.75 Å². The van der Waals surface area contributed by atoms with Crippen LogP contribution in [0.2, 0.25) is 0 Å². The second kappa shape index (κ2) is 5.94. The Morgan fingerprint density at radius 1 is 1.45 bits per heavy atom. The van der Waals surface area contributed by atoms with Crippen LogP contribution in [-0.4, -0.2) is 18.1 Å². The first-order chi connectivity index (χ1) is 9.78. The highest BCUT2D eigenvalue weighted by Gasteiger charge is 2.22. The number of aryl methyl sites for hydroxylation is 1. The number of aromatic nitrogens is 1. The van der Waals surface area contributed by atoms with E-state index in [0.717, 1.165) is 37.4 Å². The van der Waals surface area contributed by atoms with E-state index in [1.807, 2.05) is 6.92 Å². The van der Waals surface area contributed by atoms with Gasteiger partial charge in [0.05, 0.1) is 11.6 Å². The maximum absolute atomic E-state index is 5.84. The molecule has 3 rings (SSSR count). The second-order valence-electron chi connectivity index (χ2n) is 5.13. The highest BCUT2D eigenvalue weighted by Crippen LogP contribution is 2.35. The van der Waals surface area contributed by atoms with E-state index >= 15 is 0 Å². The molecule has 0 spiro atoms. The molecule has 1 unspecified atom stereocenters. The molecular formula is C16H20N2OS.